The second-order valence-electron chi connectivity index (χ2n) is 9.13. The molecule has 1 fully saturated rings. The monoisotopic (exact) mass is 596 g/mol. The lowest BCUT2D eigenvalue weighted by Gasteiger charge is -2.25. The normalized spacial score (nSPS) is 14.8. The van der Waals surface area contributed by atoms with Crippen molar-refractivity contribution in [3.05, 3.63) is 48.0 Å². The van der Waals surface area contributed by atoms with E-state index in [0.29, 0.717) is 30.3 Å². The average molecular weight is 597 g/mol. The van der Waals surface area contributed by atoms with Crippen LogP contribution in [0.5, 0.6) is 0 Å². The maximum absolute atomic E-state index is 13.8. The van der Waals surface area contributed by atoms with Gasteiger partial charge < -0.3 is 4.90 Å². The number of para-hydroxylation sites is 1. The molecule has 2 heterocycles. The number of benzene rings is 2. The number of rotatable bonds is 10. The van der Waals surface area contributed by atoms with Crippen LogP contribution in [0.1, 0.15) is 49.9 Å². The van der Waals surface area contributed by atoms with Crippen molar-refractivity contribution < 1.29 is 13.2 Å². The van der Waals surface area contributed by atoms with Crippen LogP contribution in [0.15, 0.2) is 52.3 Å². The van der Waals surface area contributed by atoms with Gasteiger partial charge >= 0.3 is 0 Å². The summed E-state index contributed by atoms with van der Waals surface area (Å²) in [6.07, 6.45) is 5.92. The van der Waals surface area contributed by atoms with Gasteiger partial charge in [-0.05, 0) is 68.6 Å². The van der Waals surface area contributed by atoms with E-state index in [9.17, 15) is 13.2 Å². The van der Waals surface area contributed by atoms with Crippen molar-refractivity contribution in [1.29, 1.82) is 0 Å². The van der Waals surface area contributed by atoms with Crippen LogP contribution in [-0.2, 0) is 10.0 Å². The predicted octanol–water partition coefficient (Wildman–Crippen LogP) is 5.99. The lowest BCUT2D eigenvalue weighted by molar-refractivity contribution is 0.0983. The zero-order valence-electron chi connectivity index (χ0n) is 22.3. The lowest BCUT2D eigenvalue weighted by Crippen LogP contribution is -2.39. The number of nitrogens with zero attached hydrogens (tertiary/aromatic N) is 4. The number of anilines is 1. The Morgan fingerprint density at radius 3 is 2.26 bits per heavy atom. The molecule has 2 aromatic carbocycles. The summed E-state index contributed by atoms with van der Waals surface area (Å²) in [7, 11) is -3.56. The molecule has 1 saturated heterocycles. The number of likely N-dealkylation sites (N-methyl/N-ethyl adjacent to an activating group) is 1. The van der Waals surface area contributed by atoms with Crippen LogP contribution in [0.3, 0.4) is 0 Å². The van der Waals surface area contributed by atoms with E-state index in [1.54, 1.807) is 45.2 Å². The molecule has 208 valence electrons. The zero-order valence-corrected chi connectivity index (χ0v) is 25.5. The second kappa shape index (κ2) is 14.1. The lowest BCUT2D eigenvalue weighted by atomic mass is 10.2. The Bertz CT molecular complexity index is 1300. The summed E-state index contributed by atoms with van der Waals surface area (Å²) in [5.41, 5.74) is 1.37. The van der Waals surface area contributed by atoms with E-state index < -0.39 is 10.0 Å². The summed E-state index contributed by atoms with van der Waals surface area (Å²) in [5.74, 6) is -0.171. The minimum absolute atomic E-state index is 0. The average Bonchev–Trinajstić information content (AvgIpc) is 3.15. The van der Waals surface area contributed by atoms with Gasteiger partial charge in [-0.1, -0.05) is 44.1 Å². The summed E-state index contributed by atoms with van der Waals surface area (Å²) < 4.78 is 29.0. The van der Waals surface area contributed by atoms with Crippen LogP contribution in [0.2, 0.25) is 0 Å². The van der Waals surface area contributed by atoms with Crippen molar-refractivity contribution >= 4 is 66.8 Å². The van der Waals surface area contributed by atoms with E-state index in [1.165, 1.54) is 11.3 Å². The molecule has 1 aromatic heterocycles. The van der Waals surface area contributed by atoms with Crippen LogP contribution in [0, 0.1) is 0 Å². The summed E-state index contributed by atoms with van der Waals surface area (Å²) in [6, 6.07) is 12.5. The van der Waals surface area contributed by atoms with Gasteiger partial charge in [-0.3, -0.25) is 9.69 Å². The highest BCUT2D eigenvalue weighted by atomic mass is 35.5. The Labute approximate surface area is 241 Å². The molecule has 0 saturated carbocycles. The largest absolute Gasteiger partial charge is 0.302 e. The molecule has 3 aromatic rings. The van der Waals surface area contributed by atoms with Crippen LogP contribution in [0.4, 0.5) is 5.13 Å². The molecule has 7 nitrogen and oxygen atoms in total. The first-order chi connectivity index (χ1) is 17.9. The number of halogens is 1. The number of hydrogen-bond donors (Lipinski definition) is 0. The Morgan fingerprint density at radius 1 is 1.00 bits per heavy atom. The number of aromatic nitrogens is 1. The number of hydrogen-bond acceptors (Lipinski definition) is 7. The number of fused-ring (bicyclic) bond motifs is 1. The topological polar surface area (TPSA) is 73.8 Å². The first-order valence-corrected chi connectivity index (χ1v) is 16.4. The van der Waals surface area contributed by atoms with Gasteiger partial charge in [-0.25, -0.2) is 13.4 Å². The fourth-order valence-electron chi connectivity index (χ4n) is 4.61. The van der Waals surface area contributed by atoms with Gasteiger partial charge in [-0.15, -0.1) is 24.2 Å². The highest BCUT2D eigenvalue weighted by Crippen LogP contribution is 2.34. The third-order valence-corrected chi connectivity index (χ3v) is 10.6. The maximum atomic E-state index is 13.8. The molecule has 0 N–H and O–H groups in total. The molecule has 0 atom stereocenters. The number of thioether (sulfide) groups is 1. The smallest absolute Gasteiger partial charge is 0.260 e. The summed E-state index contributed by atoms with van der Waals surface area (Å²) in [6.45, 7) is 8.36. The molecule has 0 spiro atoms. The van der Waals surface area contributed by atoms with Gasteiger partial charge in [0.2, 0.25) is 10.0 Å². The number of sulfonamides is 1. The third kappa shape index (κ3) is 6.89. The molecule has 11 heteroatoms. The molecular weight excluding hydrogens is 560 g/mol. The fourth-order valence-corrected chi connectivity index (χ4v) is 7.78. The highest BCUT2D eigenvalue weighted by Gasteiger charge is 2.27. The number of carbonyl (C=O) groups is 1. The summed E-state index contributed by atoms with van der Waals surface area (Å²) in [4.78, 5) is 24.0. The number of amides is 1. The minimum atomic E-state index is -3.56. The molecule has 0 unspecified atom stereocenters. The molecule has 38 heavy (non-hydrogen) atoms. The molecule has 4 rings (SSSR count). The highest BCUT2D eigenvalue weighted by molar-refractivity contribution is 7.98. The van der Waals surface area contributed by atoms with Crippen molar-refractivity contribution in [2.45, 2.75) is 49.3 Å². The van der Waals surface area contributed by atoms with Crippen molar-refractivity contribution in [3.63, 3.8) is 0 Å². The molecule has 0 aliphatic carbocycles. The van der Waals surface area contributed by atoms with Crippen LogP contribution in [0.25, 0.3) is 10.2 Å². The first-order valence-electron chi connectivity index (χ1n) is 13.0. The predicted molar refractivity (Wildman–Crippen MR) is 162 cm³/mol. The third-order valence-electron chi connectivity index (χ3n) is 6.90. The fraction of sp³-hybridized carbons (Fsp3) is 0.481. The van der Waals surface area contributed by atoms with E-state index in [-0.39, 0.29) is 23.2 Å². The Hall–Kier alpha value is -1.69. The standard InChI is InChI=1S/C27H36N4O3S3.ClH/c1-4-29(5-2)19-20-31(27-28-25-23(35-3)11-10-12-24(25)36-27)26(32)21-13-15-22(16-14-21)37(33,34)30-17-8-6-7-9-18-30;/h10-16H,4-9,17-20H2,1-3H3;1H. The quantitative estimate of drug-likeness (QED) is 0.268. The van der Waals surface area contributed by atoms with Gasteiger partial charge in [0.25, 0.3) is 5.91 Å². The number of carbonyl (C=O) groups excluding carboxylic acids is 1. The zero-order chi connectivity index (χ0) is 26.4. The van der Waals surface area contributed by atoms with Crippen molar-refractivity contribution in [3.8, 4) is 0 Å². The van der Waals surface area contributed by atoms with E-state index in [4.69, 9.17) is 4.98 Å². The molecule has 1 aliphatic heterocycles. The summed E-state index contributed by atoms with van der Waals surface area (Å²) in [5, 5.41) is 0.662. The van der Waals surface area contributed by atoms with Crippen LogP contribution < -0.4 is 4.90 Å². The molecule has 0 bridgehead atoms. The minimum Gasteiger partial charge on any atom is -0.302 e. The van der Waals surface area contributed by atoms with Gasteiger partial charge in [0, 0.05) is 36.6 Å². The first kappa shape index (κ1) is 30.8. The van der Waals surface area contributed by atoms with Crippen molar-refractivity contribution in [2.24, 2.45) is 0 Å². The van der Waals surface area contributed by atoms with Gasteiger partial charge in [0.1, 0.15) is 0 Å². The Morgan fingerprint density at radius 2 is 1.66 bits per heavy atom. The van der Waals surface area contributed by atoms with Gasteiger partial charge in [0.05, 0.1) is 15.1 Å². The van der Waals surface area contributed by atoms with Crippen molar-refractivity contribution in [1.82, 2.24) is 14.2 Å². The van der Waals surface area contributed by atoms with Crippen molar-refractivity contribution in [2.75, 3.05) is 50.4 Å². The Kier molecular flexibility index (Phi) is 11.4. The van der Waals surface area contributed by atoms with E-state index in [2.05, 4.69) is 18.7 Å². The Balaban J connectivity index is 0.00000400. The van der Waals surface area contributed by atoms with Crippen LogP contribution >= 0.6 is 35.5 Å². The molecule has 1 amide bonds. The summed E-state index contributed by atoms with van der Waals surface area (Å²) >= 11 is 3.15. The van der Waals surface area contributed by atoms with E-state index in [1.807, 2.05) is 24.5 Å². The molecule has 1 aliphatic rings. The van der Waals surface area contributed by atoms with Crippen LogP contribution in [-0.4, -0.2) is 74.0 Å². The SMILES string of the molecule is CCN(CC)CCN(C(=O)c1ccc(S(=O)(=O)N2CCCCCC2)cc1)c1nc2c(SC)cccc2s1.Cl. The van der Waals surface area contributed by atoms with E-state index >= 15 is 0 Å². The molecule has 0 radical (unpaired) electrons. The van der Waals surface area contributed by atoms with E-state index in [0.717, 1.165) is 60.4 Å². The second-order valence-corrected chi connectivity index (χ2v) is 12.9. The van der Waals surface area contributed by atoms with Gasteiger partial charge in [0.15, 0.2) is 5.13 Å². The maximum Gasteiger partial charge on any atom is 0.260 e. The molecular formula is C27H37ClN4O3S3. The number of thiazole rings is 1. The van der Waals surface area contributed by atoms with Gasteiger partial charge in [-0.2, -0.15) is 4.31 Å².